The minimum Gasteiger partial charge on any atom is -0.245 e. The van der Waals surface area contributed by atoms with Crippen molar-refractivity contribution < 1.29 is 8.42 Å². The van der Waals surface area contributed by atoms with Crippen molar-refractivity contribution in [1.29, 1.82) is 0 Å². The van der Waals surface area contributed by atoms with Gasteiger partial charge in [-0.3, -0.25) is 0 Å². The summed E-state index contributed by atoms with van der Waals surface area (Å²) in [6.07, 6.45) is 0.721. The normalized spacial score (nSPS) is 13.2. The van der Waals surface area contributed by atoms with Crippen LogP contribution in [0.2, 0.25) is 0 Å². The highest BCUT2D eigenvalue weighted by Crippen LogP contribution is 2.26. The Morgan fingerprint density at radius 2 is 1.94 bits per heavy atom. The van der Waals surface area contributed by atoms with Gasteiger partial charge in [-0.15, -0.1) is 11.3 Å². The first-order valence-electron chi connectivity index (χ1n) is 6.25. The molecule has 0 fully saturated rings. The van der Waals surface area contributed by atoms with Crippen molar-refractivity contribution in [1.82, 2.24) is 4.98 Å². The average molecular weight is 289 g/mol. The molecule has 0 aliphatic heterocycles. The molecule has 0 unspecified atom stereocenters. The van der Waals surface area contributed by atoms with Gasteiger partial charge in [-0.1, -0.05) is 34.6 Å². The Hall–Kier alpha value is -0.420. The number of thiazole rings is 1. The first-order chi connectivity index (χ1) is 8.10. The van der Waals surface area contributed by atoms with Crippen molar-refractivity contribution in [3.63, 3.8) is 0 Å². The van der Waals surface area contributed by atoms with E-state index in [2.05, 4.69) is 25.8 Å². The molecule has 0 radical (unpaired) electrons. The van der Waals surface area contributed by atoms with Gasteiger partial charge >= 0.3 is 0 Å². The minimum atomic E-state index is -3.02. The van der Waals surface area contributed by atoms with Gasteiger partial charge in [0.1, 0.15) is 0 Å². The third kappa shape index (κ3) is 5.06. The summed E-state index contributed by atoms with van der Waals surface area (Å²) in [6.45, 7) is 10.3. The lowest BCUT2D eigenvalue weighted by Crippen LogP contribution is -2.13. The quantitative estimate of drug-likeness (QED) is 0.834. The van der Waals surface area contributed by atoms with Crippen LogP contribution in [0.5, 0.6) is 0 Å². The molecule has 0 saturated carbocycles. The highest BCUT2D eigenvalue weighted by Gasteiger charge is 2.20. The molecule has 0 aliphatic rings. The van der Waals surface area contributed by atoms with E-state index < -0.39 is 9.84 Å². The van der Waals surface area contributed by atoms with Crippen molar-refractivity contribution in [3.05, 3.63) is 16.1 Å². The summed E-state index contributed by atoms with van der Waals surface area (Å²) in [5.41, 5.74) is 0.679. The van der Waals surface area contributed by atoms with E-state index >= 15 is 0 Å². The maximum Gasteiger partial charge on any atom is 0.156 e. The van der Waals surface area contributed by atoms with Crippen LogP contribution in [0.1, 0.15) is 51.7 Å². The predicted molar refractivity (Wildman–Crippen MR) is 77.8 cm³/mol. The third-order valence-electron chi connectivity index (χ3n) is 2.57. The molecule has 5 heteroatoms. The zero-order valence-corrected chi connectivity index (χ0v) is 13.5. The molecule has 3 nitrogen and oxygen atoms in total. The molecular formula is C13H23NO2S2. The van der Waals surface area contributed by atoms with Gasteiger partial charge in [0.15, 0.2) is 9.84 Å². The number of aromatic nitrogens is 1. The average Bonchev–Trinajstić information content (AvgIpc) is 2.62. The van der Waals surface area contributed by atoms with E-state index in [1.807, 2.05) is 19.2 Å². The Labute approximate surface area is 115 Å². The maximum atomic E-state index is 11.9. The number of sulfone groups is 1. The predicted octanol–water partition coefficient (Wildman–Crippen LogP) is 3.40. The zero-order chi connectivity index (χ0) is 14.0. The van der Waals surface area contributed by atoms with Crippen molar-refractivity contribution in [2.24, 2.45) is 5.92 Å². The monoisotopic (exact) mass is 289 g/mol. The van der Waals surface area contributed by atoms with Gasteiger partial charge < -0.3 is 0 Å². The lowest BCUT2D eigenvalue weighted by Gasteiger charge is -2.13. The molecule has 1 aromatic rings. The van der Waals surface area contributed by atoms with Gasteiger partial charge in [0.05, 0.1) is 22.2 Å². The molecule has 0 aromatic carbocycles. The second-order valence-corrected chi connectivity index (χ2v) is 9.21. The van der Waals surface area contributed by atoms with Gasteiger partial charge in [0, 0.05) is 10.8 Å². The molecule has 18 heavy (non-hydrogen) atoms. The largest absolute Gasteiger partial charge is 0.245 e. The Morgan fingerprint density at radius 3 is 2.39 bits per heavy atom. The van der Waals surface area contributed by atoms with Gasteiger partial charge in [0.2, 0.25) is 0 Å². The molecule has 0 aliphatic carbocycles. The lowest BCUT2D eigenvalue weighted by molar-refractivity contribution is 0.570. The Morgan fingerprint density at radius 1 is 1.33 bits per heavy atom. The molecule has 0 saturated heterocycles. The molecule has 0 spiro atoms. The van der Waals surface area contributed by atoms with Crippen LogP contribution in [-0.2, 0) is 21.0 Å². The molecule has 0 N–H and O–H groups in total. The van der Waals surface area contributed by atoms with E-state index in [1.54, 1.807) is 11.3 Å². The number of rotatable bonds is 5. The first kappa shape index (κ1) is 15.6. The lowest BCUT2D eigenvalue weighted by atomic mass is 9.98. The van der Waals surface area contributed by atoms with Gasteiger partial charge in [-0.05, 0) is 12.3 Å². The summed E-state index contributed by atoms with van der Waals surface area (Å²) in [4.78, 5) is 4.43. The number of hydrogen-bond acceptors (Lipinski definition) is 4. The van der Waals surface area contributed by atoms with Crippen LogP contribution in [0, 0.1) is 5.92 Å². The van der Waals surface area contributed by atoms with E-state index in [9.17, 15) is 8.42 Å². The van der Waals surface area contributed by atoms with Crippen LogP contribution in [0.25, 0.3) is 0 Å². The first-order valence-corrected chi connectivity index (χ1v) is 8.95. The number of nitrogens with zero attached hydrogens (tertiary/aromatic N) is 1. The standard InChI is InChI=1S/C13H23NO2S2/c1-10(2)6-7-18(15,16)9-11-8-17-12(14-11)13(3,4)5/h8,10H,6-7,9H2,1-5H3. The minimum absolute atomic E-state index is 0.00931. The molecule has 0 bridgehead atoms. The third-order valence-corrected chi connectivity index (χ3v) is 5.48. The molecule has 1 heterocycles. The van der Waals surface area contributed by atoms with Crippen LogP contribution < -0.4 is 0 Å². The summed E-state index contributed by atoms with van der Waals surface area (Å²) >= 11 is 1.55. The van der Waals surface area contributed by atoms with E-state index in [4.69, 9.17) is 0 Å². The van der Waals surface area contributed by atoms with Gasteiger partial charge in [-0.2, -0.15) is 0 Å². The fraction of sp³-hybridized carbons (Fsp3) is 0.769. The van der Waals surface area contributed by atoms with Crippen LogP contribution in [-0.4, -0.2) is 19.2 Å². The fourth-order valence-electron chi connectivity index (χ4n) is 1.43. The summed E-state index contributed by atoms with van der Waals surface area (Å²) in [7, 11) is -3.02. The van der Waals surface area contributed by atoms with E-state index in [0.717, 1.165) is 11.4 Å². The van der Waals surface area contributed by atoms with E-state index in [1.165, 1.54) is 0 Å². The molecular weight excluding hydrogens is 266 g/mol. The summed E-state index contributed by atoms with van der Waals surface area (Å²) in [5, 5.41) is 2.87. The van der Waals surface area contributed by atoms with Crippen LogP contribution >= 0.6 is 11.3 Å². The summed E-state index contributed by atoms with van der Waals surface area (Å²) < 4.78 is 23.9. The smallest absolute Gasteiger partial charge is 0.156 e. The Balaban J connectivity index is 2.70. The SMILES string of the molecule is CC(C)CCS(=O)(=O)Cc1csc(C(C)(C)C)n1. The van der Waals surface area contributed by atoms with Crippen LogP contribution in [0.15, 0.2) is 5.38 Å². The topological polar surface area (TPSA) is 47.0 Å². The summed E-state index contributed by atoms with van der Waals surface area (Å²) in [6, 6.07) is 0. The number of hydrogen-bond donors (Lipinski definition) is 0. The van der Waals surface area contributed by atoms with Crippen LogP contribution in [0.4, 0.5) is 0 Å². The highest BCUT2D eigenvalue weighted by atomic mass is 32.2. The second-order valence-electron chi connectivity index (χ2n) is 6.17. The maximum absolute atomic E-state index is 11.9. The van der Waals surface area contributed by atoms with Crippen molar-refractivity contribution in [3.8, 4) is 0 Å². The highest BCUT2D eigenvalue weighted by molar-refractivity contribution is 7.90. The zero-order valence-electron chi connectivity index (χ0n) is 11.9. The molecule has 0 atom stereocenters. The molecule has 104 valence electrons. The van der Waals surface area contributed by atoms with E-state index in [0.29, 0.717) is 11.6 Å². The fourth-order valence-corrected chi connectivity index (χ4v) is 4.02. The van der Waals surface area contributed by atoms with Crippen molar-refractivity contribution >= 4 is 21.2 Å². The Kier molecular flexibility index (Phi) is 4.95. The van der Waals surface area contributed by atoms with Gasteiger partial charge in [0.25, 0.3) is 0 Å². The van der Waals surface area contributed by atoms with Crippen molar-refractivity contribution in [2.75, 3.05) is 5.75 Å². The molecule has 1 aromatic heterocycles. The van der Waals surface area contributed by atoms with Crippen LogP contribution in [0.3, 0.4) is 0 Å². The molecule has 1 rings (SSSR count). The molecule has 0 amide bonds. The summed E-state index contributed by atoms with van der Waals surface area (Å²) in [5.74, 6) is 0.750. The second kappa shape index (κ2) is 5.70. The van der Waals surface area contributed by atoms with Gasteiger partial charge in [-0.25, -0.2) is 13.4 Å². The Bertz CT molecular complexity index is 481. The van der Waals surface area contributed by atoms with E-state index in [-0.39, 0.29) is 16.9 Å². The van der Waals surface area contributed by atoms with Crippen molar-refractivity contribution in [2.45, 2.75) is 52.2 Å².